The molecule has 0 radical (unpaired) electrons. The Morgan fingerprint density at radius 1 is 0.900 bits per heavy atom. The highest BCUT2D eigenvalue weighted by Crippen LogP contribution is 2.27. The number of carbonyl (C=O) groups is 2. The van der Waals surface area contributed by atoms with Crippen molar-refractivity contribution < 1.29 is 14.3 Å². The molecule has 7 heteroatoms. The van der Waals surface area contributed by atoms with Crippen molar-refractivity contribution in [2.24, 2.45) is 0 Å². The third-order valence-electron chi connectivity index (χ3n) is 4.56. The number of benzene rings is 3. The molecule has 0 fully saturated rings. The Bertz CT molecular complexity index is 1100. The monoisotopic (exact) mass is 442 g/mol. The predicted octanol–water partition coefficient (Wildman–Crippen LogP) is 6.15. The second kappa shape index (κ2) is 9.65. The number of halogens is 2. The van der Waals surface area contributed by atoms with Crippen LogP contribution in [-0.4, -0.2) is 18.5 Å². The normalized spacial score (nSPS) is 10.4. The number of carbonyl (C=O) groups excluding carboxylic acids is 2. The van der Waals surface area contributed by atoms with Crippen LogP contribution >= 0.6 is 23.2 Å². The minimum Gasteiger partial charge on any atom is -0.452 e. The molecule has 0 bridgehead atoms. The zero-order valence-electron chi connectivity index (χ0n) is 16.5. The van der Waals surface area contributed by atoms with Crippen LogP contribution in [0.15, 0.2) is 60.7 Å². The Kier molecular flexibility index (Phi) is 6.98. The van der Waals surface area contributed by atoms with Gasteiger partial charge < -0.3 is 15.4 Å². The van der Waals surface area contributed by atoms with E-state index in [2.05, 4.69) is 10.6 Å². The summed E-state index contributed by atoms with van der Waals surface area (Å²) in [5.74, 6) is -1.12. The maximum Gasteiger partial charge on any atom is 0.340 e. The number of para-hydroxylation sites is 1. The smallest absolute Gasteiger partial charge is 0.340 e. The Hall–Kier alpha value is -3.02. The third-order valence-corrected chi connectivity index (χ3v) is 5.11. The molecule has 0 aromatic heterocycles. The molecule has 0 atom stereocenters. The molecule has 30 heavy (non-hydrogen) atoms. The molecule has 0 heterocycles. The third kappa shape index (κ3) is 5.32. The number of esters is 1. The van der Waals surface area contributed by atoms with Gasteiger partial charge in [-0.3, -0.25) is 4.79 Å². The van der Waals surface area contributed by atoms with Crippen LogP contribution in [0.2, 0.25) is 10.0 Å². The van der Waals surface area contributed by atoms with Gasteiger partial charge in [-0.25, -0.2) is 4.79 Å². The standard InChI is InChI=1S/C23H20Cl2N2O3/c1-14-6-5-9-19(15(14)2)26-20-8-4-3-7-17(20)23(29)30-13-22(28)27-21-11-10-16(24)12-18(21)25/h3-12,26H,13H2,1-2H3,(H,27,28). The first-order valence-electron chi connectivity index (χ1n) is 9.19. The fraction of sp³-hybridized carbons (Fsp3) is 0.130. The Balaban J connectivity index is 1.67. The van der Waals surface area contributed by atoms with E-state index in [9.17, 15) is 9.59 Å². The Labute approximate surface area is 185 Å². The van der Waals surface area contributed by atoms with Crippen LogP contribution in [0, 0.1) is 13.8 Å². The molecule has 0 spiro atoms. The molecule has 2 N–H and O–H groups in total. The highest BCUT2D eigenvalue weighted by Gasteiger charge is 2.16. The fourth-order valence-electron chi connectivity index (χ4n) is 2.79. The van der Waals surface area contributed by atoms with Crippen LogP contribution in [0.4, 0.5) is 17.1 Å². The molecule has 5 nitrogen and oxygen atoms in total. The summed E-state index contributed by atoms with van der Waals surface area (Å²) in [5, 5.41) is 6.61. The van der Waals surface area contributed by atoms with Gasteiger partial charge in [0.25, 0.3) is 5.91 Å². The molecule has 3 rings (SSSR count). The van der Waals surface area contributed by atoms with E-state index in [4.69, 9.17) is 27.9 Å². The first-order valence-corrected chi connectivity index (χ1v) is 9.95. The summed E-state index contributed by atoms with van der Waals surface area (Å²) in [6.45, 7) is 3.58. The Morgan fingerprint density at radius 3 is 2.40 bits per heavy atom. The molecule has 3 aromatic rings. The summed E-state index contributed by atoms with van der Waals surface area (Å²) in [4.78, 5) is 24.7. The largest absolute Gasteiger partial charge is 0.452 e. The maximum atomic E-state index is 12.6. The highest BCUT2D eigenvalue weighted by atomic mass is 35.5. The number of anilines is 3. The van der Waals surface area contributed by atoms with Crippen LogP contribution in [0.25, 0.3) is 0 Å². The topological polar surface area (TPSA) is 67.4 Å². The van der Waals surface area contributed by atoms with Crippen molar-refractivity contribution in [2.75, 3.05) is 17.2 Å². The molecule has 0 saturated heterocycles. The van der Waals surface area contributed by atoms with Crippen LogP contribution in [0.1, 0.15) is 21.5 Å². The number of amides is 1. The van der Waals surface area contributed by atoms with Crippen molar-refractivity contribution in [1.29, 1.82) is 0 Å². The van der Waals surface area contributed by atoms with E-state index in [0.717, 1.165) is 16.8 Å². The first-order chi connectivity index (χ1) is 14.3. The first kappa shape index (κ1) is 21.7. The molecule has 0 aliphatic rings. The quantitative estimate of drug-likeness (QED) is 0.449. The average molecular weight is 443 g/mol. The second-order valence-corrected chi connectivity index (χ2v) is 7.51. The second-order valence-electron chi connectivity index (χ2n) is 6.67. The van der Waals surface area contributed by atoms with Gasteiger partial charge in [0.1, 0.15) is 0 Å². The van der Waals surface area contributed by atoms with Crippen LogP contribution in [0.3, 0.4) is 0 Å². The Morgan fingerprint density at radius 2 is 1.63 bits per heavy atom. The summed E-state index contributed by atoms with van der Waals surface area (Å²) in [7, 11) is 0. The predicted molar refractivity (Wildman–Crippen MR) is 121 cm³/mol. The zero-order valence-corrected chi connectivity index (χ0v) is 18.0. The lowest BCUT2D eigenvalue weighted by molar-refractivity contribution is -0.119. The molecule has 0 unspecified atom stereocenters. The SMILES string of the molecule is Cc1cccc(Nc2ccccc2C(=O)OCC(=O)Nc2ccc(Cl)cc2Cl)c1C. The van der Waals surface area contributed by atoms with Gasteiger partial charge in [-0.15, -0.1) is 0 Å². The molecule has 0 aliphatic heterocycles. The van der Waals surface area contributed by atoms with Crippen molar-refractivity contribution in [1.82, 2.24) is 0 Å². The average Bonchev–Trinajstić information content (AvgIpc) is 2.72. The minimum absolute atomic E-state index is 0.297. The van der Waals surface area contributed by atoms with Gasteiger partial charge in [0.2, 0.25) is 0 Å². The van der Waals surface area contributed by atoms with E-state index in [0.29, 0.717) is 27.0 Å². The van der Waals surface area contributed by atoms with Crippen molar-refractivity contribution >= 4 is 52.1 Å². The van der Waals surface area contributed by atoms with Crippen molar-refractivity contribution in [3.05, 3.63) is 87.4 Å². The molecule has 1 amide bonds. The molecular weight excluding hydrogens is 423 g/mol. The van der Waals surface area contributed by atoms with Gasteiger partial charge in [-0.2, -0.15) is 0 Å². The van der Waals surface area contributed by atoms with Crippen LogP contribution < -0.4 is 10.6 Å². The minimum atomic E-state index is -0.610. The maximum absolute atomic E-state index is 12.6. The lowest BCUT2D eigenvalue weighted by atomic mass is 10.1. The number of hydrogen-bond acceptors (Lipinski definition) is 4. The van der Waals surface area contributed by atoms with Crippen LogP contribution in [0.5, 0.6) is 0 Å². The van der Waals surface area contributed by atoms with E-state index in [1.807, 2.05) is 38.1 Å². The van der Waals surface area contributed by atoms with E-state index in [1.165, 1.54) is 6.07 Å². The summed E-state index contributed by atoms with van der Waals surface area (Å²) >= 11 is 11.9. The summed E-state index contributed by atoms with van der Waals surface area (Å²) in [5.41, 5.74) is 4.43. The van der Waals surface area contributed by atoms with Gasteiger partial charge in [-0.05, 0) is 61.4 Å². The van der Waals surface area contributed by atoms with Crippen molar-refractivity contribution in [3.8, 4) is 0 Å². The lowest BCUT2D eigenvalue weighted by Crippen LogP contribution is -2.21. The summed E-state index contributed by atoms with van der Waals surface area (Å²) in [6, 6.07) is 17.6. The molecule has 0 aliphatic carbocycles. The number of aryl methyl sites for hydroxylation is 1. The van der Waals surface area contributed by atoms with Gasteiger partial charge in [0.15, 0.2) is 6.61 Å². The van der Waals surface area contributed by atoms with E-state index in [1.54, 1.807) is 30.3 Å². The fourth-order valence-corrected chi connectivity index (χ4v) is 3.24. The van der Waals surface area contributed by atoms with Crippen LogP contribution in [-0.2, 0) is 9.53 Å². The number of nitrogens with one attached hydrogen (secondary N) is 2. The van der Waals surface area contributed by atoms with Gasteiger partial charge in [-0.1, -0.05) is 47.5 Å². The lowest BCUT2D eigenvalue weighted by Gasteiger charge is -2.14. The van der Waals surface area contributed by atoms with Crippen molar-refractivity contribution in [3.63, 3.8) is 0 Å². The van der Waals surface area contributed by atoms with Gasteiger partial charge in [0, 0.05) is 10.7 Å². The molecule has 3 aromatic carbocycles. The number of rotatable bonds is 6. The molecule has 154 valence electrons. The molecular formula is C23H20Cl2N2O3. The van der Waals surface area contributed by atoms with Crippen molar-refractivity contribution in [2.45, 2.75) is 13.8 Å². The summed E-state index contributed by atoms with van der Waals surface area (Å²) < 4.78 is 5.20. The van der Waals surface area contributed by atoms with E-state index in [-0.39, 0.29) is 0 Å². The zero-order chi connectivity index (χ0) is 21.7. The molecule has 0 saturated carbocycles. The van der Waals surface area contributed by atoms with E-state index < -0.39 is 18.5 Å². The van der Waals surface area contributed by atoms with Gasteiger partial charge in [0.05, 0.1) is 22.0 Å². The highest BCUT2D eigenvalue weighted by molar-refractivity contribution is 6.36. The van der Waals surface area contributed by atoms with Gasteiger partial charge >= 0.3 is 5.97 Å². The summed E-state index contributed by atoms with van der Waals surface area (Å²) in [6.07, 6.45) is 0. The van der Waals surface area contributed by atoms with E-state index >= 15 is 0 Å². The number of hydrogen-bond donors (Lipinski definition) is 2. The number of ether oxygens (including phenoxy) is 1.